The van der Waals surface area contributed by atoms with Gasteiger partial charge in [0.1, 0.15) is 0 Å². The number of fused-ring (bicyclic) bond motifs is 1. The van der Waals surface area contributed by atoms with Crippen LogP contribution in [0.1, 0.15) is 9.67 Å². The number of thiophene rings is 1. The maximum Gasteiger partial charge on any atom is 0.261 e. The summed E-state index contributed by atoms with van der Waals surface area (Å²) in [4.78, 5) is 24.0. The molecule has 0 aliphatic rings. The molecule has 0 saturated carbocycles. The first kappa shape index (κ1) is 14.5. The molecule has 2 aromatic rings. The monoisotopic (exact) mass is 292 g/mol. The molecule has 0 aliphatic heterocycles. The van der Waals surface area contributed by atoms with Crippen molar-refractivity contribution in [2.75, 3.05) is 26.8 Å². The fourth-order valence-corrected chi connectivity index (χ4v) is 2.68. The molecule has 6 heteroatoms. The molecule has 1 aromatic carbocycles. The number of ether oxygens (including phenoxy) is 1. The second-order valence-electron chi connectivity index (χ2n) is 4.17. The number of hydrogen-bond donors (Lipinski definition) is 2. The summed E-state index contributed by atoms with van der Waals surface area (Å²) >= 11 is 1.41. The highest BCUT2D eigenvalue weighted by Crippen LogP contribution is 2.24. The second-order valence-corrected chi connectivity index (χ2v) is 5.26. The van der Waals surface area contributed by atoms with Crippen LogP contribution in [0.2, 0.25) is 0 Å². The van der Waals surface area contributed by atoms with Gasteiger partial charge in [-0.05, 0) is 17.5 Å². The van der Waals surface area contributed by atoms with E-state index in [1.54, 1.807) is 7.11 Å². The van der Waals surface area contributed by atoms with Crippen molar-refractivity contribution < 1.29 is 14.3 Å². The maximum absolute atomic E-state index is 11.9. The normalized spacial score (nSPS) is 10.4. The highest BCUT2D eigenvalue weighted by Gasteiger charge is 2.11. The Morgan fingerprint density at radius 2 is 2.05 bits per heavy atom. The van der Waals surface area contributed by atoms with Crippen LogP contribution in [0.3, 0.4) is 0 Å². The summed E-state index contributed by atoms with van der Waals surface area (Å²) in [7, 11) is 1.56. The predicted molar refractivity (Wildman–Crippen MR) is 79.0 cm³/mol. The number of carbonyl (C=O) groups is 2. The lowest BCUT2D eigenvalue weighted by Crippen LogP contribution is -2.37. The van der Waals surface area contributed by atoms with E-state index in [4.69, 9.17) is 4.74 Å². The number of benzene rings is 1. The molecule has 106 valence electrons. The van der Waals surface area contributed by atoms with Crippen molar-refractivity contribution in [3.8, 4) is 0 Å². The number of nitrogens with one attached hydrogen (secondary N) is 2. The van der Waals surface area contributed by atoms with E-state index < -0.39 is 0 Å². The molecular formula is C14H16N2O3S. The molecule has 0 fully saturated rings. The SMILES string of the molecule is COCCNC(=O)CNC(=O)c1cc2ccccc2s1. The summed E-state index contributed by atoms with van der Waals surface area (Å²) in [5.74, 6) is -0.454. The highest BCUT2D eigenvalue weighted by atomic mass is 32.1. The number of hydrogen-bond acceptors (Lipinski definition) is 4. The van der Waals surface area contributed by atoms with E-state index in [9.17, 15) is 9.59 Å². The van der Waals surface area contributed by atoms with E-state index >= 15 is 0 Å². The Labute approximate surface area is 120 Å². The van der Waals surface area contributed by atoms with Gasteiger partial charge in [0, 0.05) is 18.4 Å². The lowest BCUT2D eigenvalue weighted by Gasteiger charge is -2.05. The third kappa shape index (κ3) is 3.79. The first-order valence-electron chi connectivity index (χ1n) is 6.23. The Morgan fingerprint density at radius 3 is 2.80 bits per heavy atom. The Kier molecular flexibility index (Phi) is 5.09. The molecule has 20 heavy (non-hydrogen) atoms. The zero-order valence-electron chi connectivity index (χ0n) is 11.1. The molecule has 0 radical (unpaired) electrons. The van der Waals surface area contributed by atoms with Gasteiger partial charge in [-0.1, -0.05) is 18.2 Å². The van der Waals surface area contributed by atoms with Crippen LogP contribution in [-0.2, 0) is 9.53 Å². The summed E-state index contributed by atoms with van der Waals surface area (Å²) in [5.41, 5.74) is 0. The van der Waals surface area contributed by atoms with E-state index in [-0.39, 0.29) is 18.4 Å². The van der Waals surface area contributed by atoms with Crippen molar-refractivity contribution >= 4 is 33.2 Å². The molecule has 0 atom stereocenters. The molecule has 0 spiro atoms. The van der Waals surface area contributed by atoms with Crippen molar-refractivity contribution in [2.24, 2.45) is 0 Å². The summed E-state index contributed by atoms with van der Waals surface area (Å²) in [6, 6.07) is 9.62. The van der Waals surface area contributed by atoms with Crippen molar-refractivity contribution in [3.63, 3.8) is 0 Å². The lowest BCUT2D eigenvalue weighted by molar-refractivity contribution is -0.120. The lowest BCUT2D eigenvalue weighted by atomic mass is 10.2. The zero-order valence-corrected chi connectivity index (χ0v) is 12.0. The first-order chi connectivity index (χ1) is 9.70. The van der Waals surface area contributed by atoms with Crippen LogP contribution in [0, 0.1) is 0 Å². The number of methoxy groups -OCH3 is 1. The Hall–Kier alpha value is -1.92. The third-order valence-electron chi connectivity index (χ3n) is 2.69. The molecule has 0 aliphatic carbocycles. The van der Waals surface area contributed by atoms with Crippen molar-refractivity contribution in [3.05, 3.63) is 35.2 Å². The van der Waals surface area contributed by atoms with Crippen molar-refractivity contribution in [1.29, 1.82) is 0 Å². The summed E-state index contributed by atoms with van der Waals surface area (Å²) < 4.78 is 5.88. The summed E-state index contributed by atoms with van der Waals surface area (Å²) in [5, 5.41) is 6.28. The average molecular weight is 292 g/mol. The van der Waals surface area contributed by atoms with E-state index in [0.717, 1.165) is 10.1 Å². The van der Waals surface area contributed by atoms with Crippen LogP contribution >= 0.6 is 11.3 Å². The van der Waals surface area contributed by atoms with Gasteiger partial charge in [-0.2, -0.15) is 0 Å². The number of carbonyl (C=O) groups excluding carboxylic acids is 2. The minimum Gasteiger partial charge on any atom is -0.383 e. The second kappa shape index (κ2) is 7.02. The first-order valence-corrected chi connectivity index (χ1v) is 7.05. The molecular weight excluding hydrogens is 276 g/mol. The van der Waals surface area contributed by atoms with E-state index in [1.807, 2.05) is 30.3 Å². The van der Waals surface area contributed by atoms with Crippen LogP contribution in [-0.4, -0.2) is 38.6 Å². The molecule has 0 saturated heterocycles. The number of amides is 2. The molecule has 1 aromatic heterocycles. The van der Waals surface area contributed by atoms with Crippen LogP contribution in [0.4, 0.5) is 0 Å². The molecule has 5 nitrogen and oxygen atoms in total. The summed E-state index contributed by atoms with van der Waals surface area (Å²) in [6.07, 6.45) is 0. The average Bonchev–Trinajstić information content (AvgIpc) is 2.89. The minimum atomic E-state index is -0.229. The zero-order chi connectivity index (χ0) is 14.4. The van der Waals surface area contributed by atoms with Gasteiger partial charge in [-0.25, -0.2) is 0 Å². The fourth-order valence-electron chi connectivity index (χ4n) is 1.70. The fraction of sp³-hybridized carbons (Fsp3) is 0.286. The van der Waals surface area contributed by atoms with Gasteiger partial charge in [0.05, 0.1) is 18.0 Å². The standard InChI is InChI=1S/C14H16N2O3S/c1-19-7-6-15-13(17)9-16-14(18)12-8-10-4-2-3-5-11(10)20-12/h2-5,8H,6-7,9H2,1H3,(H,15,17)(H,16,18). The number of rotatable bonds is 6. The van der Waals surface area contributed by atoms with E-state index in [2.05, 4.69) is 10.6 Å². The Balaban J connectivity index is 1.87. The van der Waals surface area contributed by atoms with Gasteiger partial charge in [0.15, 0.2) is 0 Å². The Morgan fingerprint density at radius 1 is 1.25 bits per heavy atom. The largest absolute Gasteiger partial charge is 0.383 e. The smallest absolute Gasteiger partial charge is 0.261 e. The Bertz CT molecular complexity index is 576. The van der Waals surface area contributed by atoms with Gasteiger partial charge >= 0.3 is 0 Å². The molecule has 0 bridgehead atoms. The molecule has 0 unspecified atom stereocenters. The van der Waals surface area contributed by atoms with E-state index in [0.29, 0.717) is 18.0 Å². The maximum atomic E-state index is 11.9. The van der Waals surface area contributed by atoms with Crippen molar-refractivity contribution in [2.45, 2.75) is 0 Å². The topological polar surface area (TPSA) is 67.4 Å². The van der Waals surface area contributed by atoms with Crippen LogP contribution in [0.25, 0.3) is 10.1 Å². The van der Waals surface area contributed by atoms with Crippen LogP contribution < -0.4 is 10.6 Å². The quantitative estimate of drug-likeness (QED) is 0.791. The summed E-state index contributed by atoms with van der Waals surface area (Å²) in [6.45, 7) is 0.862. The van der Waals surface area contributed by atoms with Crippen LogP contribution in [0.15, 0.2) is 30.3 Å². The van der Waals surface area contributed by atoms with E-state index in [1.165, 1.54) is 11.3 Å². The van der Waals surface area contributed by atoms with Gasteiger partial charge in [0.2, 0.25) is 5.91 Å². The van der Waals surface area contributed by atoms with Crippen LogP contribution in [0.5, 0.6) is 0 Å². The minimum absolute atomic E-state index is 0.0310. The molecule has 2 rings (SSSR count). The molecule has 2 amide bonds. The van der Waals surface area contributed by atoms with Crippen molar-refractivity contribution in [1.82, 2.24) is 10.6 Å². The van der Waals surface area contributed by atoms with Gasteiger partial charge in [0.25, 0.3) is 5.91 Å². The van der Waals surface area contributed by atoms with Gasteiger partial charge < -0.3 is 15.4 Å². The third-order valence-corrected chi connectivity index (χ3v) is 3.80. The molecule has 1 heterocycles. The predicted octanol–water partition coefficient (Wildman–Crippen LogP) is 1.39. The van der Waals surface area contributed by atoms with Gasteiger partial charge in [-0.3, -0.25) is 9.59 Å². The van der Waals surface area contributed by atoms with Gasteiger partial charge in [-0.15, -0.1) is 11.3 Å². The molecule has 2 N–H and O–H groups in total. The highest BCUT2D eigenvalue weighted by molar-refractivity contribution is 7.20.